The molecule has 1 fully saturated rings. The molecule has 0 unspecified atom stereocenters. The molecule has 104 valence electrons. The van der Waals surface area contributed by atoms with E-state index in [2.05, 4.69) is 17.6 Å². The molecular formula is C14H19FN2O2. The van der Waals surface area contributed by atoms with Gasteiger partial charge in [-0.25, -0.2) is 4.39 Å². The lowest BCUT2D eigenvalue weighted by molar-refractivity contribution is 0.0918. The summed E-state index contributed by atoms with van der Waals surface area (Å²) in [7, 11) is 0. The summed E-state index contributed by atoms with van der Waals surface area (Å²) in [6.07, 6.45) is 1.98. The largest absolute Gasteiger partial charge is 0.508 e. The van der Waals surface area contributed by atoms with Crippen LogP contribution in [0.25, 0.3) is 0 Å². The second-order valence-corrected chi connectivity index (χ2v) is 5.41. The number of halogens is 1. The van der Waals surface area contributed by atoms with Gasteiger partial charge in [-0.15, -0.1) is 0 Å². The lowest BCUT2D eigenvalue weighted by atomic mass is 9.81. The maximum absolute atomic E-state index is 13.5. The van der Waals surface area contributed by atoms with Crippen LogP contribution in [0.15, 0.2) is 18.2 Å². The highest BCUT2D eigenvalue weighted by atomic mass is 19.1. The second kappa shape index (κ2) is 5.57. The molecule has 1 heterocycles. The Morgan fingerprint density at radius 3 is 2.79 bits per heavy atom. The number of hydrogen-bond donors (Lipinski definition) is 3. The first kappa shape index (κ1) is 13.8. The van der Waals surface area contributed by atoms with Crippen molar-refractivity contribution in [2.45, 2.75) is 19.8 Å². The Labute approximate surface area is 112 Å². The second-order valence-electron chi connectivity index (χ2n) is 5.41. The Morgan fingerprint density at radius 1 is 1.47 bits per heavy atom. The predicted octanol–water partition coefficient (Wildman–Crippen LogP) is 1.65. The molecule has 1 saturated heterocycles. The van der Waals surface area contributed by atoms with Gasteiger partial charge in [-0.2, -0.15) is 0 Å². The van der Waals surface area contributed by atoms with Gasteiger partial charge in [-0.1, -0.05) is 6.92 Å². The van der Waals surface area contributed by atoms with E-state index >= 15 is 0 Å². The number of amides is 1. The molecule has 2 rings (SSSR count). The number of phenolic OH excluding ortho intramolecular Hbond substituents is 1. The van der Waals surface area contributed by atoms with Crippen LogP contribution in [0.4, 0.5) is 4.39 Å². The summed E-state index contributed by atoms with van der Waals surface area (Å²) >= 11 is 0. The van der Waals surface area contributed by atoms with E-state index in [1.165, 1.54) is 12.1 Å². The third-order valence-corrected chi connectivity index (χ3v) is 3.68. The van der Waals surface area contributed by atoms with Crippen LogP contribution in [0.1, 0.15) is 30.1 Å². The van der Waals surface area contributed by atoms with Gasteiger partial charge < -0.3 is 15.7 Å². The molecule has 1 aliphatic heterocycles. The van der Waals surface area contributed by atoms with E-state index in [4.69, 9.17) is 5.11 Å². The average Bonchev–Trinajstić information content (AvgIpc) is 2.37. The van der Waals surface area contributed by atoms with Crippen LogP contribution in [0.5, 0.6) is 5.75 Å². The number of piperidine rings is 1. The number of phenols is 1. The third kappa shape index (κ3) is 3.44. The van der Waals surface area contributed by atoms with Crippen molar-refractivity contribution in [3.8, 4) is 5.75 Å². The number of carbonyl (C=O) groups is 1. The molecule has 0 aromatic heterocycles. The molecule has 0 atom stereocenters. The van der Waals surface area contributed by atoms with Crippen LogP contribution in [0, 0.1) is 11.2 Å². The zero-order valence-electron chi connectivity index (χ0n) is 11.0. The molecule has 1 amide bonds. The minimum absolute atomic E-state index is 0.0321. The van der Waals surface area contributed by atoms with Gasteiger partial charge in [0.25, 0.3) is 5.91 Å². The summed E-state index contributed by atoms with van der Waals surface area (Å²) in [5.41, 5.74) is 0.0317. The Balaban J connectivity index is 1.97. The summed E-state index contributed by atoms with van der Waals surface area (Å²) < 4.78 is 13.5. The average molecular weight is 266 g/mol. The normalized spacial score (nSPS) is 18.0. The Morgan fingerprint density at radius 2 is 2.16 bits per heavy atom. The quantitative estimate of drug-likeness (QED) is 0.779. The molecular weight excluding hydrogens is 247 g/mol. The van der Waals surface area contributed by atoms with Crippen molar-refractivity contribution in [1.82, 2.24) is 10.6 Å². The highest BCUT2D eigenvalue weighted by Crippen LogP contribution is 2.26. The number of hydrogen-bond acceptors (Lipinski definition) is 3. The van der Waals surface area contributed by atoms with Gasteiger partial charge in [0.1, 0.15) is 11.6 Å². The van der Waals surface area contributed by atoms with Crippen molar-refractivity contribution < 1.29 is 14.3 Å². The van der Waals surface area contributed by atoms with E-state index in [1.54, 1.807) is 0 Å². The maximum atomic E-state index is 13.5. The molecule has 1 aromatic rings. The molecule has 1 aliphatic rings. The first-order valence-corrected chi connectivity index (χ1v) is 6.48. The minimum atomic E-state index is -0.701. The van der Waals surface area contributed by atoms with Gasteiger partial charge >= 0.3 is 0 Å². The van der Waals surface area contributed by atoms with Crippen molar-refractivity contribution in [2.75, 3.05) is 19.6 Å². The molecule has 1 aromatic carbocycles. The van der Waals surface area contributed by atoms with Crippen LogP contribution in [-0.4, -0.2) is 30.6 Å². The van der Waals surface area contributed by atoms with E-state index in [9.17, 15) is 9.18 Å². The van der Waals surface area contributed by atoms with Crippen molar-refractivity contribution in [1.29, 1.82) is 0 Å². The van der Waals surface area contributed by atoms with Crippen molar-refractivity contribution >= 4 is 5.91 Å². The number of carbonyl (C=O) groups excluding carboxylic acids is 1. The van der Waals surface area contributed by atoms with Crippen LogP contribution >= 0.6 is 0 Å². The summed E-state index contributed by atoms with van der Waals surface area (Å²) in [6.45, 7) is 4.55. The highest BCUT2D eigenvalue weighted by Gasteiger charge is 2.27. The lowest BCUT2D eigenvalue weighted by Crippen LogP contribution is -2.43. The predicted molar refractivity (Wildman–Crippen MR) is 70.6 cm³/mol. The minimum Gasteiger partial charge on any atom is -0.508 e. The third-order valence-electron chi connectivity index (χ3n) is 3.68. The molecule has 19 heavy (non-hydrogen) atoms. The first-order chi connectivity index (χ1) is 9.00. The van der Waals surface area contributed by atoms with E-state index < -0.39 is 11.7 Å². The standard InChI is InChI=1S/C14H19FN2O2/c1-14(4-6-16-7-5-14)9-17-13(19)11-3-2-10(18)8-12(11)15/h2-3,8,16,18H,4-7,9H2,1H3,(H,17,19). The molecule has 0 saturated carbocycles. The van der Waals surface area contributed by atoms with Gasteiger partial charge in [0.15, 0.2) is 0 Å². The van der Waals surface area contributed by atoms with E-state index in [1.807, 2.05) is 0 Å². The van der Waals surface area contributed by atoms with E-state index in [-0.39, 0.29) is 16.7 Å². The Bertz CT molecular complexity index is 471. The Hall–Kier alpha value is -1.62. The molecule has 0 spiro atoms. The van der Waals surface area contributed by atoms with Crippen LogP contribution in [0.2, 0.25) is 0 Å². The smallest absolute Gasteiger partial charge is 0.254 e. The number of rotatable bonds is 3. The molecule has 4 nitrogen and oxygen atoms in total. The molecule has 0 aliphatic carbocycles. The van der Waals surface area contributed by atoms with Crippen LogP contribution < -0.4 is 10.6 Å². The summed E-state index contributed by atoms with van der Waals surface area (Å²) in [6, 6.07) is 3.55. The van der Waals surface area contributed by atoms with Crippen LogP contribution in [-0.2, 0) is 0 Å². The summed E-state index contributed by atoms with van der Waals surface area (Å²) in [5, 5.41) is 15.2. The van der Waals surface area contributed by atoms with E-state index in [0.717, 1.165) is 32.0 Å². The monoisotopic (exact) mass is 266 g/mol. The molecule has 3 N–H and O–H groups in total. The topological polar surface area (TPSA) is 61.4 Å². The molecule has 0 bridgehead atoms. The fraction of sp³-hybridized carbons (Fsp3) is 0.500. The molecule has 0 radical (unpaired) electrons. The van der Waals surface area contributed by atoms with Gasteiger partial charge in [0, 0.05) is 12.6 Å². The highest BCUT2D eigenvalue weighted by molar-refractivity contribution is 5.94. The fourth-order valence-electron chi connectivity index (χ4n) is 2.28. The van der Waals surface area contributed by atoms with E-state index in [0.29, 0.717) is 6.54 Å². The van der Waals surface area contributed by atoms with Crippen molar-refractivity contribution in [2.24, 2.45) is 5.41 Å². The number of nitrogens with one attached hydrogen (secondary N) is 2. The fourth-order valence-corrected chi connectivity index (χ4v) is 2.28. The van der Waals surface area contributed by atoms with Crippen LogP contribution in [0.3, 0.4) is 0 Å². The van der Waals surface area contributed by atoms with Gasteiger partial charge in [0.2, 0.25) is 0 Å². The summed E-state index contributed by atoms with van der Waals surface area (Å²) in [4.78, 5) is 11.9. The lowest BCUT2D eigenvalue weighted by Gasteiger charge is -2.34. The van der Waals surface area contributed by atoms with Gasteiger partial charge in [-0.05, 0) is 43.5 Å². The maximum Gasteiger partial charge on any atom is 0.254 e. The number of benzene rings is 1. The Kier molecular flexibility index (Phi) is 4.04. The van der Waals surface area contributed by atoms with Crippen molar-refractivity contribution in [3.05, 3.63) is 29.6 Å². The van der Waals surface area contributed by atoms with Gasteiger partial charge in [0.05, 0.1) is 5.56 Å². The zero-order chi connectivity index (χ0) is 13.9. The number of aromatic hydroxyl groups is 1. The van der Waals surface area contributed by atoms with Crippen molar-refractivity contribution in [3.63, 3.8) is 0 Å². The first-order valence-electron chi connectivity index (χ1n) is 6.48. The SMILES string of the molecule is CC1(CNC(=O)c2ccc(O)cc2F)CCNCC1. The molecule has 5 heteroatoms. The van der Waals surface area contributed by atoms with Gasteiger partial charge in [-0.3, -0.25) is 4.79 Å². The zero-order valence-corrected chi connectivity index (χ0v) is 11.0. The summed E-state index contributed by atoms with van der Waals surface area (Å²) in [5.74, 6) is -1.32.